The van der Waals surface area contributed by atoms with E-state index in [-0.39, 0.29) is 12.1 Å². The molecular formula is C12H23NO3. The molecule has 4 nitrogen and oxygen atoms in total. The van der Waals surface area contributed by atoms with E-state index in [0.717, 1.165) is 12.8 Å². The zero-order chi connectivity index (χ0) is 12.6. The minimum absolute atomic E-state index is 0.0412. The Morgan fingerprint density at radius 2 is 1.94 bits per heavy atom. The van der Waals surface area contributed by atoms with Crippen LogP contribution in [0.3, 0.4) is 0 Å². The summed E-state index contributed by atoms with van der Waals surface area (Å²) in [6, 6.07) is 0.0412. The van der Waals surface area contributed by atoms with Crippen LogP contribution in [0.2, 0.25) is 0 Å². The lowest BCUT2D eigenvalue weighted by molar-refractivity contribution is 0.00366. The van der Waals surface area contributed by atoms with Gasteiger partial charge in [-0.15, -0.1) is 0 Å². The highest BCUT2D eigenvalue weighted by Gasteiger charge is 2.44. The fourth-order valence-corrected chi connectivity index (χ4v) is 1.40. The molecule has 1 saturated carbocycles. The van der Waals surface area contributed by atoms with Gasteiger partial charge in [-0.1, -0.05) is 0 Å². The van der Waals surface area contributed by atoms with Gasteiger partial charge in [0, 0.05) is 6.04 Å². The number of rotatable bonds is 3. The van der Waals surface area contributed by atoms with Crippen molar-refractivity contribution in [2.75, 3.05) is 6.54 Å². The number of carbonyl (C=O) groups is 1. The third kappa shape index (κ3) is 4.00. The van der Waals surface area contributed by atoms with Gasteiger partial charge in [-0.2, -0.15) is 0 Å². The van der Waals surface area contributed by atoms with Crippen molar-refractivity contribution in [1.29, 1.82) is 0 Å². The molecule has 4 heteroatoms. The predicted octanol–water partition coefficient (Wildman–Crippen LogP) is 2.16. The highest BCUT2D eigenvalue weighted by Crippen LogP contribution is 2.36. The summed E-state index contributed by atoms with van der Waals surface area (Å²) < 4.78 is 5.31. The molecule has 0 radical (unpaired) electrons. The Hall–Kier alpha value is -0.770. The van der Waals surface area contributed by atoms with Gasteiger partial charge in [-0.3, -0.25) is 0 Å². The number of hydrogen-bond acceptors (Lipinski definition) is 3. The number of aliphatic hydroxyl groups is 1. The van der Waals surface area contributed by atoms with Gasteiger partial charge in [-0.25, -0.2) is 4.79 Å². The van der Waals surface area contributed by atoms with Crippen LogP contribution >= 0.6 is 0 Å². The first-order chi connectivity index (χ1) is 7.13. The SMILES string of the molecule is CC(C)N(CC1(O)CC1)C(=O)OC(C)(C)C. The van der Waals surface area contributed by atoms with Crippen molar-refractivity contribution in [1.82, 2.24) is 4.90 Å². The molecule has 0 heterocycles. The summed E-state index contributed by atoms with van der Waals surface area (Å²) in [6.07, 6.45) is 1.21. The van der Waals surface area contributed by atoms with Gasteiger partial charge in [-0.05, 0) is 47.5 Å². The van der Waals surface area contributed by atoms with Crippen LogP contribution in [0.25, 0.3) is 0 Å². The first kappa shape index (κ1) is 13.3. The molecule has 1 aliphatic rings. The summed E-state index contributed by atoms with van der Waals surface area (Å²) in [5, 5.41) is 9.85. The van der Waals surface area contributed by atoms with E-state index in [4.69, 9.17) is 4.74 Å². The summed E-state index contributed by atoms with van der Waals surface area (Å²) in [7, 11) is 0. The van der Waals surface area contributed by atoms with Crippen molar-refractivity contribution in [3.8, 4) is 0 Å². The maximum atomic E-state index is 11.9. The number of hydrogen-bond donors (Lipinski definition) is 1. The van der Waals surface area contributed by atoms with Crippen LogP contribution in [0.15, 0.2) is 0 Å². The predicted molar refractivity (Wildman–Crippen MR) is 62.3 cm³/mol. The van der Waals surface area contributed by atoms with Gasteiger partial charge in [0.05, 0.1) is 12.1 Å². The zero-order valence-corrected chi connectivity index (χ0v) is 10.9. The molecule has 94 valence electrons. The average Bonchev–Trinajstić information content (AvgIpc) is 2.76. The largest absolute Gasteiger partial charge is 0.444 e. The summed E-state index contributed by atoms with van der Waals surface area (Å²) in [6.45, 7) is 9.75. The first-order valence-electron chi connectivity index (χ1n) is 5.85. The highest BCUT2D eigenvalue weighted by atomic mass is 16.6. The van der Waals surface area contributed by atoms with Gasteiger partial charge in [0.15, 0.2) is 0 Å². The molecular weight excluding hydrogens is 206 g/mol. The van der Waals surface area contributed by atoms with Gasteiger partial charge < -0.3 is 14.7 Å². The topological polar surface area (TPSA) is 49.8 Å². The molecule has 0 atom stereocenters. The minimum atomic E-state index is -0.666. The molecule has 0 aromatic heterocycles. The second kappa shape index (κ2) is 4.24. The van der Waals surface area contributed by atoms with E-state index in [0.29, 0.717) is 6.54 Å². The Morgan fingerprint density at radius 1 is 1.44 bits per heavy atom. The van der Waals surface area contributed by atoms with E-state index in [2.05, 4.69) is 0 Å². The maximum absolute atomic E-state index is 11.9. The Bertz CT molecular complexity index is 264. The number of nitrogens with zero attached hydrogens (tertiary/aromatic N) is 1. The Morgan fingerprint density at radius 3 is 2.25 bits per heavy atom. The minimum Gasteiger partial charge on any atom is -0.444 e. The number of ether oxygens (including phenoxy) is 1. The molecule has 1 rings (SSSR count). The first-order valence-corrected chi connectivity index (χ1v) is 5.85. The van der Waals surface area contributed by atoms with Gasteiger partial charge >= 0.3 is 6.09 Å². The monoisotopic (exact) mass is 229 g/mol. The van der Waals surface area contributed by atoms with Crippen molar-refractivity contribution in [3.63, 3.8) is 0 Å². The van der Waals surface area contributed by atoms with Crippen molar-refractivity contribution < 1.29 is 14.6 Å². The molecule has 1 aliphatic carbocycles. The number of amides is 1. The lowest BCUT2D eigenvalue weighted by atomic mass is 10.2. The molecule has 0 bridgehead atoms. The summed E-state index contributed by atoms with van der Waals surface area (Å²) in [4.78, 5) is 13.5. The van der Waals surface area contributed by atoms with Crippen molar-refractivity contribution in [2.24, 2.45) is 0 Å². The summed E-state index contributed by atoms with van der Waals surface area (Å²) in [5.74, 6) is 0. The second-order valence-electron chi connectivity index (χ2n) is 5.93. The van der Waals surface area contributed by atoms with Crippen LogP contribution in [0.5, 0.6) is 0 Å². The molecule has 16 heavy (non-hydrogen) atoms. The van der Waals surface area contributed by atoms with E-state index in [1.807, 2.05) is 34.6 Å². The van der Waals surface area contributed by atoms with Crippen LogP contribution in [-0.2, 0) is 4.74 Å². The molecule has 0 aliphatic heterocycles. The van der Waals surface area contributed by atoms with E-state index < -0.39 is 11.2 Å². The third-order valence-electron chi connectivity index (χ3n) is 2.54. The van der Waals surface area contributed by atoms with E-state index in [1.165, 1.54) is 0 Å². The molecule has 0 aromatic carbocycles. The Labute approximate surface area is 97.6 Å². The fraction of sp³-hybridized carbons (Fsp3) is 0.917. The Balaban J connectivity index is 2.59. The van der Waals surface area contributed by atoms with Crippen LogP contribution in [0.4, 0.5) is 4.79 Å². The highest BCUT2D eigenvalue weighted by molar-refractivity contribution is 5.68. The van der Waals surface area contributed by atoms with Crippen LogP contribution in [0, 0.1) is 0 Å². The van der Waals surface area contributed by atoms with Crippen LogP contribution < -0.4 is 0 Å². The molecule has 0 spiro atoms. The molecule has 1 N–H and O–H groups in total. The van der Waals surface area contributed by atoms with Crippen molar-refractivity contribution in [2.45, 2.75) is 64.7 Å². The van der Waals surface area contributed by atoms with E-state index >= 15 is 0 Å². The standard InChI is InChI=1S/C12H23NO3/c1-9(2)13(8-12(15)6-7-12)10(14)16-11(3,4)5/h9,15H,6-8H2,1-5H3. The Kier molecular flexibility index (Phi) is 3.53. The number of carbonyl (C=O) groups excluding carboxylic acids is 1. The van der Waals surface area contributed by atoms with Crippen LogP contribution in [-0.4, -0.2) is 39.9 Å². The average molecular weight is 229 g/mol. The smallest absolute Gasteiger partial charge is 0.410 e. The summed E-state index contributed by atoms with van der Waals surface area (Å²) >= 11 is 0. The second-order valence-corrected chi connectivity index (χ2v) is 5.93. The zero-order valence-electron chi connectivity index (χ0n) is 10.9. The molecule has 1 amide bonds. The van der Waals surface area contributed by atoms with Gasteiger partial charge in [0.25, 0.3) is 0 Å². The van der Waals surface area contributed by atoms with Crippen LogP contribution in [0.1, 0.15) is 47.5 Å². The summed E-state index contributed by atoms with van der Waals surface area (Å²) in [5.41, 5.74) is -1.16. The van der Waals surface area contributed by atoms with Gasteiger partial charge in [0.2, 0.25) is 0 Å². The fourth-order valence-electron chi connectivity index (χ4n) is 1.40. The molecule has 0 saturated heterocycles. The third-order valence-corrected chi connectivity index (χ3v) is 2.54. The maximum Gasteiger partial charge on any atom is 0.410 e. The normalized spacial score (nSPS) is 18.4. The van der Waals surface area contributed by atoms with E-state index in [9.17, 15) is 9.90 Å². The van der Waals surface area contributed by atoms with Gasteiger partial charge in [0.1, 0.15) is 5.60 Å². The molecule has 0 unspecified atom stereocenters. The lowest BCUT2D eigenvalue weighted by Gasteiger charge is -2.31. The molecule has 0 aromatic rings. The molecule has 1 fully saturated rings. The van der Waals surface area contributed by atoms with E-state index in [1.54, 1.807) is 4.90 Å². The van der Waals surface area contributed by atoms with Crippen molar-refractivity contribution in [3.05, 3.63) is 0 Å². The lowest BCUT2D eigenvalue weighted by Crippen LogP contribution is -2.45. The quantitative estimate of drug-likeness (QED) is 0.806. The van der Waals surface area contributed by atoms with Crippen molar-refractivity contribution >= 4 is 6.09 Å².